The molecule has 10 aromatic carbocycles. The van der Waals surface area contributed by atoms with Crippen LogP contribution in [0.2, 0.25) is 0 Å². The molecule has 12 rings (SSSR count). The summed E-state index contributed by atoms with van der Waals surface area (Å²) >= 11 is 0. The Balaban J connectivity index is 0.970. The van der Waals surface area contributed by atoms with Crippen molar-refractivity contribution in [2.45, 2.75) is 0 Å². The molecule has 0 aliphatic rings. The van der Waals surface area contributed by atoms with E-state index in [0.29, 0.717) is 0 Å². The van der Waals surface area contributed by atoms with Gasteiger partial charge in [-0.05, 0) is 99.6 Å². The van der Waals surface area contributed by atoms with Crippen LogP contribution in [0.1, 0.15) is 0 Å². The second kappa shape index (κ2) is 13.4. The minimum Gasteiger partial charge on any atom is -0.455 e. The van der Waals surface area contributed by atoms with Crippen LogP contribution in [0.3, 0.4) is 0 Å². The maximum absolute atomic E-state index is 6.78. The molecule has 12 aromatic rings. The van der Waals surface area contributed by atoms with Gasteiger partial charge in [0.25, 0.3) is 0 Å². The maximum atomic E-state index is 6.78. The molecule has 59 heavy (non-hydrogen) atoms. The van der Waals surface area contributed by atoms with Crippen LogP contribution in [0.4, 0.5) is 17.1 Å². The van der Waals surface area contributed by atoms with Crippen molar-refractivity contribution in [3.63, 3.8) is 0 Å². The number of anilines is 3. The highest BCUT2D eigenvalue weighted by Gasteiger charge is 2.18. The van der Waals surface area contributed by atoms with Gasteiger partial charge in [-0.2, -0.15) is 0 Å². The second-order valence-corrected chi connectivity index (χ2v) is 15.3. The molecular weight excluding hydrogens is 717 g/mol. The summed E-state index contributed by atoms with van der Waals surface area (Å²) in [5, 5.41) is 9.50. The first-order valence-electron chi connectivity index (χ1n) is 20.2. The predicted molar refractivity (Wildman–Crippen MR) is 249 cm³/mol. The molecule has 0 bridgehead atoms. The number of rotatable bonds is 6. The molecule has 0 N–H and O–H groups in total. The highest BCUT2D eigenvalue weighted by molar-refractivity contribution is 6.17. The van der Waals surface area contributed by atoms with Crippen molar-refractivity contribution in [1.29, 1.82) is 0 Å². The standard InChI is InChI=1S/C56H36N2O/c1-2-14-40-35-46(32-28-37(40)12-1)57(44-17-10-16-42(36-44)48-22-11-23-51-52-33-29-39-13-3-4-19-47(39)55(52)59-56(48)51)43-30-26-38(27-31-43)41-15-9-18-45(34-41)58-53-24-7-5-20-49(53)50-21-6-8-25-54(50)58/h1-36H. The quantitative estimate of drug-likeness (QED) is 0.169. The first-order valence-corrected chi connectivity index (χ1v) is 20.2. The molecule has 3 nitrogen and oxygen atoms in total. The van der Waals surface area contributed by atoms with Crippen molar-refractivity contribution in [3.8, 4) is 27.9 Å². The van der Waals surface area contributed by atoms with E-state index in [1.807, 2.05) is 0 Å². The van der Waals surface area contributed by atoms with Gasteiger partial charge in [0.15, 0.2) is 0 Å². The van der Waals surface area contributed by atoms with E-state index in [2.05, 4.69) is 228 Å². The molecule has 2 heterocycles. The van der Waals surface area contributed by atoms with Crippen LogP contribution in [0.15, 0.2) is 223 Å². The molecule has 0 aliphatic heterocycles. The average molecular weight is 753 g/mol. The van der Waals surface area contributed by atoms with Crippen molar-refractivity contribution in [2.24, 2.45) is 0 Å². The number of benzene rings is 10. The summed E-state index contributed by atoms with van der Waals surface area (Å²) < 4.78 is 9.16. The van der Waals surface area contributed by atoms with Gasteiger partial charge in [0.05, 0.1) is 11.0 Å². The van der Waals surface area contributed by atoms with Gasteiger partial charge in [0, 0.05) is 55.2 Å². The van der Waals surface area contributed by atoms with Crippen molar-refractivity contribution in [2.75, 3.05) is 4.90 Å². The Labute approximate surface area is 341 Å². The minimum atomic E-state index is 0.903. The molecule has 0 saturated carbocycles. The van der Waals surface area contributed by atoms with E-state index in [-0.39, 0.29) is 0 Å². The van der Waals surface area contributed by atoms with Crippen LogP contribution >= 0.6 is 0 Å². The van der Waals surface area contributed by atoms with Crippen molar-refractivity contribution in [3.05, 3.63) is 218 Å². The SMILES string of the molecule is c1cc(-c2cccc3c2oc2c4ccccc4ccc32)cc(N(c2ccc(-c3cccc(-n4c5ccccc5c5ccccc54)c3)cc2)c2ccc3ccccc3c2)c1. The van der Waals surface area contributed by atoms with Gasteiger partial charge in [-0.15, -0.1) is 0 Å². The van der Waals surface area contributed by atoms with E-state index in [9.17, 15) is 0 Å². The van der Waals surface area contributed by atoms with Crippen molar-refractivity contribution >= 4 is 82.4 Å². The molecule has 0 amide bonds. The number of hydrogen-bond donors (Lipinski definition) is 0. The summed E-state index contributed by atoms with van der Waals surface area (Å²) in [5.41, 5.74) is 13.1. The highest BCUT2D eigenvalue weighted by atomic mass is 16.3. The monoisotopic (exact) mass is 752 g/mol. The van der Waals surface area contributed by atoms with Crippen LogP contribution in [0.25, 0.3) is 93.2 Å². The molecule has 0 aliphatic carbocycles. The zero-order chi connectivity index (χ0) is 38.9. The fraction of sp³-hybridized carbons (Fsp3) is 0. The zero-order valence-corrected chi connectivity index (χ0v) is 32.1. The van der Waals surface area contributed by atoms with Gasteiger partial charge in [0.2, 0.25) is 0 Å². The molecule has 0 spiro atoms. The molecule has 0 saturated heterocycles. The third kappa shape index (κ3) is 5.44. The Morgan fingerprint density at radius 1 is 0.322 bits per heavy atom. The molecule has 0 radical (unpaired) electrons. The number of furan rings is 1. The number of fused-ring (bicyclic) bond motifs is 9. The van der Waals surface area contributed by atoms with Crippen LogP contribution in [0.5, 0.6) is 0 Å². The van der Waals surface area contributed by atoms with Crippen LogP contribution < -0.4 is 4.90 Å². The summed E-state index contributed by atoms with van der Waals surface area (Å²) in [7, 11) is 0. The van der Waals surface area contributed by atoms with E-state index in [1.54, 1.807) is 0 Å². The van der Waals surface area contributed by atoms with Gasteiger partial charge in [0.1, 0.15) is 11.2 Å². The van der Waals surface area contributed by atoms with Gasteiger partial charge in [-0.1, -0.05) is 152 Å². The Morgan fingerprint density at radius 2 is 0.915 bits per heavy atom. The third-order valence-corrected chi connectivity index (χ3v) is 11.9. The van der Waals surface area contributed by atoms with E-state index >= 15 is 0 Å². The summed E-state index contributed by atoms with van der Waals surface area (Å²) in [6.07, 6.45) is 0. The lowest BCUT2D eigenvalue weighted by atomic mass is 10.00. The Bertz CT molecular complexity index is 3520. The van der Waals surface area contributed by atoms with E-state index in [4.69, 9.17) is 4.42 Å². The average Bonchev–Trinajstić information content (AvgIpc) is 3.86. The molecule has 0 unspecified atom stereocenters. The Kier molecular flexibility index (Phi) is 7.54. The Hall–Kier alpha value is -7.88. The molecule has 0 fully saturated rings. The maximum Gasteiger partial charge on any atom is 0.143 e. The predicted octanol–water partition coefficient (Wildman–Crippen LogP) is 15.8. The van der Waals surface area contributed by atoms with Gasteiger partial charge in [-0.25, -0.2) is 0 Å². The minimum absolute atomic E-state index is 0.903. The van der Waals surface area contributed by atoms with E-state index in [0.717, 1.165) is 66.8 Å². The van der Waals surface area contributed by atoms with Gasteiger partial charge < -0.3 is 13.9 Å². The number of nitrogens with zero attached hydrogens (tertiary/aromatic N) is 2. The first-order chi connectivity index (χ1) is 29.2. The number of para-hydroxylation sites is 3. The fourth-order valence-corrected chi connectivity index (χ4v) is 9.16. The largest absolute Gasteiger partial charge is 0.455 e. The molecule has 276 valence electrons. The lowest BCUT2D eigenvalue weighted by molar-refractivity contribution is 0.674. The smallest absolute Gasteiger partial charge is 0.143 e. The lowest BCUT2D eigenvalue weighted by Crippen LogP contribution is -2.10. The second-order valence-electron chi connectivity index (χ2n) is 15.3. The van der Waals surface area contributed by atoms with Crippen LogP contribution in [0, 0.1) is 0 Å². The fourth-order valence-electron chi connectivity index (χ4n) is 9.16. The zero-order valence-electron chi connectivity index (χ0n) is 32.1. The molecular formula is C56H36N2O. The van der Waals surface area contributed by atoms with Gasteiger partial charge in [-0.3, -0.25) is 0 Å². The van der Waals surface area contributed by atoms with E-state index < -0.39 is 0 Å². The van der Waals surface area contributed by atoms with Crippen molar-refractivity contribution in [1.82, 2.24) is 4.57 Å². The molecule has 0 atom stereocenters. The van der Waals surface area contributed by atoms with Crippen LogP contribution in [-0.4, -0.2) is 4.57 Å². The first kappa shape index (κ1) is 33.3. The topological polar surface area (TPSA) is 21.3 Å². The Morgan fingerprint density at radius 3 is 1.73 bits per heavy atom. The van der Waals surface area contributed by atoms with Gasteiger partial charge >= 0.3 is 0 Å². The summed E-state index contributed by atoms with van der Waals surface area (Å²) in [4.78, 5) is 2.36. The van der Waals surface area contributed by atoms with Crippen molar-refractivity contribution < 1.29 is 4.42 Å². The summed E-state index contributed by atoms with van der Waals surface area (Å²) in [5.74, 6) is 0. The molecule has 2 aromatic heterocycles. The highest BCUT2D eigenvalue weighted by Crippen LogP contribution is 2.42. The summed E-state index contributed by atoms with van der Waals surface area (Å²) in [6, 6.07) is 78.7. The van der Waals surface area contributed by atoms with Crippen LogP contribution in [-0.2, 0) is 0 Å². The van der Waals surface area contributed by atoms with E-state index in [1.165, 1.54) is 43.5 Å². The lowest BCUT2D eigenvalue weighted by Gasteiger charge is -2.26. The normalized spacial score (nSPS) is 11.7. The third-order valence-electron chi connectivity index (χ3n) is 11.9. The molecule has 3 heteroatoms. The number of aromatic nitrogens is 1. The summed E-state index contributed by atoms with van der Waals surface area (Å²) in [6.45, 7) is 0. The number of hydrogen-bond acceptors (Lipinski definition) is 2.